The van der Waals surface area contributed by atoms with Crippen LogP contribution in [-0.4, -0.2) is 16.9 Å². The molecule has 0 fully saturated rings. The number of benzene rings is 1. The lowest BCUT2D eigenvalue weighted by molar-refractivity contribution is 0.102. The van der Waals surface area contributed by atoms with Crippen LogP contribution < -0.4 is 10.6 Å². The van der Waals surface area contributed by atoms with Crippen molar-refractivity contribution >= 4 is 33.2 Å². The minimum absolute atomic E-state index is 0.169. The lowest BCUT2D eigenvalue weighted by Crippen LogP contribution is -2.16. The van der Waals surface area contributed by atoms with Gasteiger partial charge in [-0.2, -0.15) is 0 Å². The van der Waals surface area contributed by atoms with Crippen LogP contribution in [0.1, 0.15) is 30.6 Å². The van der Waals surface area contributed by atoms with Crippen LogP contribution in [0.25, 0.3) is 0 Å². The first-order chi connectivity index (χ1) is 10.1. The molecule has 0 bridgehead atoms. The third kappa shape index (κ3) is 4.56. The van der Waals surface area contributed by atoms with Crippen LogP contribution in [0.3, 0.4) is 0 Å². The molecule has 0 radical (unpaired) electrons. The highest BCUT2D eigenvalue weighted by Crippen LogP contribution is 2.16. The van der Waals surface area contributed by atoms with E-state index in [0.717, 1.165) is 22.3 Å². The Kier molecular flexibility index (Phi) is 5.33. The van der Waals surface area contributed by atoms with E-state index in [-0.39, 0.29) is 5.91 Å². The van der Waals surface area contributed by atoms with Gasteiger partial charge in [0.05, 0.1) is 11.3 Å². The number of hydrogen-bond donors (Lipinski definition) is 2. The van der Waals surface area contributed by atoms with Crippen molar-refractivity contribution in [3.63, 3.8) is 0 Å². The number of carbonyl (C=O) groups excluding carboxylic acids is 1. The summed E-state index contributed by atoms with van der Waals surface area (Å²) in [6.07, 6.45) is 4.30. The molecule has 0 aliphatic rings. The van der Waals surface area contributed by atoms with Gasteiger partial charge in [-0.05, 0) is 43.7 Å². The number of halogens is 1. The van der Waals surface area contributed by atoms with E-state index in [4.69, 9.17) is 0 Å². The smallest absolute Gasteiger partial charge is 0.257 e. The number of nitrogens with one attached hydrogen (secondary N) is 2. The summed E-state index contributed by atoms with van der Waals surface area (Å²) in [6.45, 7) is 4.20. The number of amides is 1. The molecule has 1 atom stereocenters. The van der Waals surface area contributed by atoms with Gasteiger partial charge >= 0.3 is 0 Å². The summed E-state index contributed by atoms with van der Waals surface area (Å²) in [5.41, 5.74) is 2.14. The minimum atomic E-state index is -0.169. The van der Waals surface area contributed by atoms with Gasteiger partial charge < -0.3 is 10.6 Å². The quantitative estimate of drug-likeness (QED) is 0.847. The molecular weight excluding hydrogens is 330 g/mol. The Morgan fingerprint density at radius 2 is 1.95 bits per heavy atom. The molecule has 1 amide bonds. The monoisotopic (exact) mass is 347 g/mol. The van der Waals surface area contributed by atoms with Crippen molar-refractivity contribution in [1.29, 1.82) is 0 Å². The van der Waals surface area contributed by atoms with E-state index in [1.807, 2.05) is 30.3 Å². The second-order valence-electron chi connectivity index (χ2n) is 4.88. The average molecular weight is 348 g/mol. The molecule has 2 rings (SSSR count). The molecule has 4 nitrogen and oxygen atoms in total. The van der Waals surface area contributed by atoms with Gasteiger partial charge in [0.15, 0.2) is 0 Å². The van der Waals surface area contributed by atoms with Crippen molar-refractivity contribution in [1.82, 2.24) is 4.98 Å². The summed E-state index contributed by atoms with van der Waals surface area (Å²) in [5.74, 6) is -0.169. The molecule has 0 aliphatic heterocycles. The Bertz CT molecular complexity index is 613. The Labute approximate surface area is 133 Å². The van der Waals surface area contributed by atoms with Gasteiger partial charge in [0, 0.05) is 28.6 Å². The van der Waals surface area contributed by atoms with Crippen molar-refractivity contribution in [2.75, 3.05) is 10.6 Å². The number of nitrogens with zero attached hydrogens (tertiary/aromatic N) is 1. The Hall–Kier alpha value is -1.88. The first-order valence-corrected chi connectivity index (χ1v) is 7.66. The van der Waals surface area contributed by atoms with Crippen LogP contribution in [0, 0.1) is 0 Å². The fourth-order valence-electron chi connectivity index (χ4n) is 1.77. The molecule has 21 heavy (non-hydrogen) atoms. The van der Waals surface area contributed by atoms with Crippen molar-refractivity contribution < 1.29 is 4.79 Å². The molecule has 2 aromatic rings. The van der Waals surface area contributed by atoms with Gasteiger partial charge in [0.25, 0.3) is 5.91 Å². The molecule has 110 valence electrons. The molecule has 1 heterocycles. The second kappa shape index (κ2) is 7.22. The molecule has 1 unspecified atom stereocenters. The van der Waals surface area contributed by atoms with E-state index in [1.54, 1.807) is 12.4 Å². The van der Waals surface area contributed by atoms with Crippen molar-refractivity contribution in [3.8, 4) is 0 Å². The van der Waals surface area contributed by atoms with Gasteiger partial charge in [-0.15, -0.1) is 0 Å². The molecule has 0 aliphatic carbocycles. The summed E-state index contributed by atoms with van der Waals surface area (Å²) in [5, 5.41) is 6.16. The summed E-state index contributed by atoms with van der Waals surface area (Å²) in [4.78, 5) is 16.3. The number of rotatable bonds is 5. The minimum Gasteiger partial charge on any atom is -0.381 e. The predicted octanol–water partition coefficient (Wildman–Crippen LogP) is 4.31. The van der Waals surface area contributed by atoms with Crippen molar-refractivity contribution in [2.45, 2.75) is 26.3 Å². The summed E-state index contributed by atoms with van der Waals surface area (Å²) in [7, 11) is 0. The molecule has 1 aromatic heterocycles. The molecule has 0 saturated heterocycles. The maximum Gasteiger partial charge on any atom is 0.257 e. The molecule has 0 spiro atoms. The number of aromatic nitrogens is 1. The van der Waals surface area contributed by atoms with Gasteiger partial charge in [-0.3, -0.25) is 9.78 Å². The average Bonchev–Trinajstić information content (AvgIpc) is 2.49. The van der Waals surface area contributed by atoms with Crippen LogP contribution in [-0.2, 0) is 0 Å². The number of carbonyl (C=O) groups is 1. The Balaban J connectivity index is 2.08. The van der Waals surface area contributed by atoms with E-state index in [0.29, 0.717) is 11.6 Å². The standard InChI is InChI=1S/C16H18BrN3O/c1-3-11(2)19-15-8-12(9-18-10-15)16(21)20-14-6-4-13(17)5-7-14/h4-11,19H,3H2,1-2H3,(H,20,21). The zero-order valence-corrected chi connectivity index (χ0v) is 13.6. The highest BCUT2D eigenvalue weighted by Gasteiger charge is 2.08. The van der Waals surface area contributed by atoms with Gasteiger partial charge in [0.1, 0.15) is 0 Å². The zero-order valence-electron chi connectivity index (χ0n) is 12.1. The topological polar surface area (TPSA) is 54.0 Å². The normalized spacial score (nSPS) is 11.8. The van der Waals surface area contributed by atoms with Crippen molar-refractivity contribution in [2.24, 2.45) is 0 Å². The molecule has 1 aromatic carbocycles. The van der Waals surface area contributed by atoms with Gasteiger partial charge in [0.2, 0.25) is 0 Å². The first kappa shape index (κ1) is 15.5. The summed E-state index contributed by atoms with van der Waals surface area (Å²) >= 11 is 3.36. The van der Waals surface area contributed by atoms with Gasteiger partial charge in [-0.1, -0.05) is 22.9 Å². The molecule has 0 saturated carbocycles. The summed E-state index contributed by atoms with van der Waals surface area (Å²) in [6, 6.07) is 9.61. The first-order valence-electron chi connectivity index (χ1n) is 6.87. The van der Waals surface area contributed by atoms with Crippen LogP contribution in [0.5, 0.6) is 0 Å². The lowest BCUT2D eigenvalue weighted by atomic mass is 10.2. The SMILES string of the molecule is CCC(C)Nc1cncc(C(=O)Nc2ccc(Br)cc2)c1. The van der Waals surface area contributed by atoms with Crippen LogP contribution in [0.4, 0.5) is 11.4 Å². The maximum absolute atomic E-state index is 12.2. The fraction of sp³-hybridized carbons (Fsp3) is 0.250. The summed E-state index contributed by atoms with van der Waals surface area (Å²) < 4.78 is 0.974. The van der Waals surface area contributed by atoms with Crippen molar-refractivity contribution in [3.05, 3.63) is 52.8 Å². The van der Waals surface area contributed by atoms with E-state index in [9.17, 15) is 4.79 Å². The number of pyridine rings is 1. The van der Waals surface area contributed by atoms with E-state index in [1.165, 1.54) is 0 Å². The van der Waals surface area contributed by atoms with Crippen LogP contribution in [0.15, 0.2) is 47.2 Å². The van der Waals surface area contributed by atoms with E-state index in [2.05, 4.69) is 45.4 Å². The molecule has 5 heteroatoms. The highest BCUT2D eigenvalue weighted by molar-refractivity contribution is 9.10. The van der Waals surface area contributed by atoms with Gasteiger partial charge in [-0.25, -0.2) is 0 Å². The highest BCUT2D eigenvalue weighted by atomic mass is 79.9. The Morgan fingerprint density at radius 1 is 1.24 bits per heavy atom. The zero-order chi connectivity index (χ0) is 15.2. The second-order valence-corrected chi connectivity index (χ2v) is 5.79. The van der Waals surface area contributed by atoms with Crippen LogP contribution >= 0.6 is 15.9 Å². The third-order valence-corrected chi connectivity index (χ3v) is 3.66. The Morgan fingerprint density at radius 3 is 2.62 bits per heavy atom. The van der Waals surface area contributed by atoms with E-state index < -0.39 is 0 Å². The predicted molar refractivity (Wildman–Crippen MR) is 89.7 cm³/mol. The molecule has 2 N–H and O–H groups in total. The van der Waals surface area contributed by atoms with Crippen LogP contribution in [0.2, 0.25) is 0 Å². The lowest BCUT2D eigenvalue weighted by Gasteiger charge is -2.13. The number of hydrogen-bond acceptors (Lipinski definition) is 3. The third-order valence-electron chi connectivity index (χ3n) is 3.13. The largest absolute Gasteiger partial charge is 0.381 e. The molecular formula is C16H18BrN3O. The fourth-order valence-corrected chi connectivity index (χ4v) is 2.03. The maximum atomic E-state index is 12.2. The van der Waals surface area contributed by atoms with E-state index >= 15 is 0 Å². The number of anilines is 2.